The number of rotatable bonds is 3. The smallest absolute Gasteiger partial charge is 0.234 e. The fourth-order valence-electron chi connectivity index (χ4n) is 2.48. The molecule has 0 atom stereocenters. The molecule has 0 bridgehead atoms. The summed E-state index contributed by atoms with van der Waals surface area (Å²) in [7, 11) is 0. The zero-order valence-corrected chi connectivity index (χ0v) is 15.1. The van der Waals surface area contributed by atoms with Crippen LogP contribution in [0.15, 0.2) is 18.2 Å². The first-order chi connectivity index (χ1) is 10.5. The van der Waals surface area contributed by atoms with Crippen LogP contribution < -0.4 is 5.32 Å². The molecule has 22 heavy (non-hydrogen) atoms. The van der Waals surface area contributed by atoms with E-state index in [-0.39, 0.29) is 5.91 Å². The number of nitrogens with zero attached hydrogens (tertiary/aromatic N) is 1. The van der Waals surface area contributed by atoms with Crippen molar-refractivity contribution >= 4 is 39.9 Å². The summed E-state index contributed by atoms with van der Waals surface area (Å²) in [6, 6.07) is 5.95. The van der Waals surface area contributed by atoms with Gasteiger partial charge in [-0.2, -0.15) is 0 Å². The van der Waals surface area contributed by atoms with Crippen molar-refractivity contribution in [2.75, 3.05) is 24.2 Å². The third kappa shape index (κ3) is 4.71. The van der Waals surface area contributed by atoms with Crippen LogP contribution in [0.2, 0.25) is 0 Å². The Morgan fingerprint density at radius 2 is 2.05 bits per heavy atom. The second-order valence-corrected chi connectivity index (χ2v) is 7.63. The molecule has 0 aliphatic carbocycles. The van der Waals surface area contributed by atoms with E-state index in [4.69, 9.17) is 12.2 Å². The summed E-state index contributed by atoms with van der Waals surface area (Å²) in [6.07, 6.45) is 2.38. The monoisotopic (exact) mass is 336 g/mol. The molecule has 1 saturated heterocycles. The van der Waals surface area contributed by atoms with Crippen molar-refractivity contribution in [1.82, 2.24) is 4.90 Å². The summed E-state index contributed by atoms with van der Waals surface area (Å²) in [5, 5.41) is 2.98. The van der Waals surface area contributed by atoms with Gasteiger partial charge < -0.3 is 10.2 Å². The third-order valence-electron chi connectivity index (χ3n) is 4.25. The van der Waals surface area contributed by atoms with E-state index < -0.39 is 0 Å². The maximum atomic E-state index is 12.1. The lowest BCUT2D eigenvalue weighted by molar-refractivity contribution is -0.113. The van der Waals surface area contributed by atoms with Gasteiger partial charge in [-0.25, -0.2) is 0 Å². The van der Waals surface area contributed by atoms with Crippen LogP contribution in [-0.2, 0) is 4.79 Å². The van der Waals surface area contributed by atoms with Gasteiger partial charge in [0.15, 0.2) is 0 Å². The Balaban J connectivity index is 1.80. The fraction of sp³-hybridized carbons (Fsp3) is 0.529. The zero-order valence-electron chi connectivity index (χ0n) is 13.5. The van der Waals surface area contributed by atoms with Crippen molar-refractivity contribution in [2.45, 2.75) is 33.6 Å². The number of carbonyl (C=O) groups is 1. The number of amides is 1. The van der Waals surface area contributed by atoms with Gasteiger partial charge in [-0.3, -0.25) is 4.79 Å². The number of nitrogens with one attached hydrogen (secondary N) is 1. The Kier molecular flexibility index (Phi) is 6.26. The topological polar surface area (TPSA) is 32.3 Å². The minimum absolute atomic E-state index is 0.00595. The van der Waals surface area contributed by atoms with E-state index in [1.807, 2.05) is 32.0 Å². The first-order valence-corrected chi connectivity index (χ1v) is 9.14. The van der Waals surface area contributed by atoms with Gasteiger partial charge in [-0.1, -0.05) is 43.0 Å². The highest BCUT2D eigenvalue weighted by atomic mass is 32.2. The van der Waals surface area contributed by atoms with E-state index in [0.717, 1.165) is 34.6 Å². The Morgan fingerprint density at radius 1 is 1.36 bits per heavy atom. The summed E-state index contributed by atoms with van der Waals surface area (Å²) in [5.74, 6) is 1.17. The minimum atomic E-state index is 0.00595. The minimum Gasteiger partial charge on any atom is -0.357 e. The summed E-state index contributed by atoms with van der Waals surface area (Å²) in [6.45, 7) is 8.40. The molecule has 3 nitrogen and oxygen atoms in total. The van der Waals surface area contributed by atoms with E-state index in [0.29, 0.717) is 5.75 Å². The molecule has 1 heterocycles. The molecule has 0 saturated carbocycles. The lowest BCUT2D eigenvalue weighted by Crippen LogP contribution is -2.36. The molecule has 1 amide bonds. The Bertz CT molecular complexity index is 552. The number of carbonyl (C=O) groups excluding carboxylic acids is 1. The van der Waals surface area contributed by atoms with Crippen molar-refractivity contribution in [1.29, 1.82) is 0 Å². The van der Waals surface area contributed by atoms with E-state index >= 15 is 0 Å². The van der Waals surface area contributed by atoms with E-state index in [1.165, 1.54) is 30.2 Å². The Hall–Kier alpha value is -1.07. The van der Waals surface area contributed by atoms with Gasteiger partial charge in [-0.15, -0.1) is 0 Å². The number of thioether (sulfide) groups is 1. The van der Waals surface area contributed by atoms with Gasteiger partial charge in [-0.05, 0) is 49.8 Å². The average molecular weight is 337 g/mol. The molecule has 1 aliphatic heterocycles. The maximum absolute atomic E-state index is 12.1. The molecular formula is C17H24N2OS2. The number of piperidine rings is 1. The lowest BCUT2D eigenvalue weighted by atomic mass is 10.00. The number of benzene rings is 1. The number of anilines is 1. The van der Waals surface area contributed by atoms with Gasteiger partial charge in [0, 0.05) is 18.8 Å². The van der Waals surface area contributed by atoms with Crippen LogP contribution in [0.5, 0.6) is 0 Å². The molecule has 0 unspecified atom stereocenters. The SMILES string of the molecule is Cc1cccc(NC(=O)CSC(=S)N2CCC(C)CC2)c1C. The van der Waals surface area contributed by atoms with Crippen LogP contribution in [0, 0.1) is 19.8 Å². The second-order valence-electron chi connectivity index (χ2n) is 6.02. The van der Waals surface area contributed by atoms with Crippen molar-refractivity contribution in [3.05, 3.63) is 29.3 Å². The standard InChI is InChI=1S/C17H24N2OS2/c1-12-7-9-19(10-8-12)17(21)22-11-16(20)18-15-6-4-5-13(2)14(15)3/h4-6,12H,7-11H2,1-3H3,(H,18,20). The molecule has 120 valence electrons. The molecule has 0 aromatic heterocycles. The van der Waals surface area contributed by atoms with Gasteiger partial charge in [0.25, 0.3) is 0 Å². The summed E-state index contributed by atoms with van der Waals surface area (Å²) < 4.78 is 0.850. The first kappa shape index (κ1) is 17.3. The van der Waals surface area contributed by atoms with Crippen molar-refractivity contribution in [2.24, 2.45) is 5.92 Å². The van der Waals surface area contributed by atoms with Crippen molar-refractivity contribution < 1.29 is 4.79 Å². The second kappa shape index (κ2) is 7.97. The first-order valence-electron chi connectivity index (χ1n) is 7.75. The van der Waals surface area contributed by atoms with Gasteiger partial charge in [0.1, 0.15) is 4.32 Å². The molecule has 1 N–H and O–H groups in total. The Morgan fingerprint density at radius 3 is 2.73 bits per heavy atom. The molecule has 1 aromatic rings. The predicted molar refractivity (Wildman–Crippen MR) is 99.6 cm³/mol. The van der Waals surface area contributed by atoms with Crippen LogP contribution in [-0.4, -0.2) is 34.0 Å². The van der Waals surface area contributed by atoms with E-state index in [1.54, 1.807) is 0 Å². The molecule has 5 heteroatoms. The number of aryl methyl sites for hydroxylation is 1. The summed E-state index contributed by atoms with van der Waals surface area (Å²) >= 11 is 6.92. The third-order valence-corrected chi connectivity index (χ3v) is 5.77. The van der Waals surface area contributed by atoms with Crippen molar-refractivity contribution in [3.63, 3.8) is 0 Å². The molecule has 0 radical (unpaired) electrons. The summed E-state index contributed by atoms with van der Waals surface area (Å²) in [5.41, 5.74) is 3.19. The van der Waals surface area contributed by atoms with Gasteiger partial charge >= 0.3 is 0 Å². The van der Waals surface area contributed by atoms with Crippen LogP contribution in [0.25, 0.3) is 0 Å². The Labute approximate surface area is 142 Å². The highest BCUT2D eigenvalue weighted by Crippen LogP contribution is 2.21. The largest absolute Gasteiger partial charge is 0.357 e. The quantitative estimate of drug-likeness (QED) is 0.846. The average Bonchev–Trinajstić information content (AvgIpc) is 2.50. The molecular weight excluding hydrogens is 312 g/mol. The van der Waals surface area contributed by atoms with Gasteiger partial charge in [0.2, 0.25) is 5.91 Å². The number of likely N-dealkylation sites (tertiary alicyclic amines) is 1. The zero-order chi connectivity index (χ0) is 16.1. The molecule has 1 fully saturated rings. The summed E-state index contributed by atoms with van der Waals surface area (Å²) in [4.78, 5) is 14.3. The molecule has 2 rings (SSSR count). The highest BCUT2D eigenvalue weighted by Gasteiger charge is 2.18. The molecule has 0 spiro atoms. The number of thiocarbonyl (C=S) groups is 1. The van der Waals surface area contributed by atoms with Gasteiger partial charge in [0.05, 0.1) is 5.75 Å². The molecule has 1 aliphatic rings. The lowest BCUT2D eigenvalue weighted by Gasteiger charge is -2.31. The number of hydrogen-bond acceptors (Lipinski definition) is 3. The predicted octanol–water partition coefficient (Wildman–Crippen LogP) is 3.99. The molecule has 1 aromatic carbocycles. The van der Waals surface area contributed by atoms with Crippen LogP contribution in [0.1, 0.15) is 30.9 Å². The maximum Gasteiger partial charge on any atom is 0.234 e. The number of hydrogen-bond donors (Lipinski definition) is 1. The van der Waals surface area contributed by atoms with Crippen molar-refractivity contribution in [3.8, 4) is 0 Å². The van der Waals surface area contributed by atoms with Crippen LogP contribution in [0.4, 0.5) is 5.69 Å². The highest BCUT2D eigenvalue weighted by molar-refractivity contribution is 8.23. The van der Waals surface area contributed by atoms with Crippen LogP contribution in [0.3, 0.4) is 0 Å². The van der Waals surface area contributed by atoms with E-state index in [9.17, 15) is 4.79 Å². The fourth-order valence-corrected chi connectivity index (χ4v) is 3.53. The van der Waals surface area contributed by atoms with E-state index in [2.05, 4.69) is 17.1 Å². The normalized spacial score (nSPS) is 15.7. The van der Waals surface area contributed by atoms with Crippen LogP contribution >= 0.6 is 24.0 Å².